The van der Waals surface area contributed by atoms with E-state index in [2.05, 4.69) is 193 Å². The van der Waals surface area contributed by atoms with Crippen molar-refractivity contribution in [3.63, 3.8) is 0 Å². The van der Waals surface area contributed by atoms with Crippen molar-refractivity contribution < 1.29 is 0 Å². The Morgan fingerprint density at radius 3 is 1.68 bits per heavy atom. The predicted molar refractivity (Wildman–Crippen MR) is 198 cm³/mol. The molecule has 8 aromatic rings. The molecule has 1 aliphatic rings. The highest BCUT2D eigenvalue weighted by Gasteiger charge is 2.39. The molecule has 47 heavy (non-hydrogen) atoms. The molecule has 0 unspecified atom stereocenters. The first-order chi connectivity index (χ1) is 23.1. The third-order valence-corrected chi connectivity index (χ3v) is 9.93. The summed E-state index contributed by atoms with van der Waals surface area (Å²) in [6, 6.07) is 61.9. The lowest BCUT2D eigenvalue weighted by molar-refractivity contribution is 0.633. The van der Waals surface area contributed by atoms with Crippen molar-refractivity contribution >= 4 is 38.9 Å². The molecule has 0 N–H and O–H groups in total. The van der Waals surface area contributed by atoms with Gasteiger partial charge in [0.2, 0.25) is 0 Å². The summed E-state index contributed by atoms with van der Waals surface area (Å²) in [6.07, 6.45) is 0. The van der Waals surface area contributed by atoms with Crippen LogP contribution in [0.1, 0.15) is 25.0 Å². The van der Waals surface area contributed by atoms with E-state index in [0.29, 0.717) is 0 Å². The monoisotopic (exact) mass is 602 g/mol. The Hall–Kier alpha value is -5.86. The second-order valence-corrected chi connectivity index (χ2v) is 13.0. The molecule has 2 heterocycles. The summed E-state index contributed by atoms with van der Waals surface area (Å²) in [4.78, 5) is 2.54. The van der Waals surface area contributed by atoms with E-state index in [1.807, 2.05) is 0 Å². The maximum atomic E-state index is 2.54. The van der Waals surface area contributed by atoms with Gasteiger partial charge in [-0.3, -0.25) is 0 Å². The molecular formula is C45H34N2. The fraction of sp³-hybridized carbons (Fsp3) is 0.0667. The quantitative estimate of drug-likeness (QED) is 0.195. The number of rotatable bonds is 4. The van der Waals surface area contributed by atoms with Crippen molar-refractivity contribution in [1.82, 2.24) is 4.57 Å². The van der Waals surface area contributed by atoms with Gasteiger partial charge in [-0.2, -0.15) is 0 Å². The van der Waals surface area contributed by atoms with Gasteiger partial charge >= 0.3 is 0 Å². The summed E-state index contributed by atoms with van der Waals surface area (Å²) in [5.41, 5.74) is 14.4. The topological polar surface area (TPSA) is 8.17 Å². The summed E-state index contributed by atoms with van der Waals surface area (Å²) >= 11 is 0. The molecule has 2 heteroatoms. The molecule has 0 saturated carbocycles. The molecule has 0 atom stereocenters. The van der Waals surface area contributed by atoms with Crippen LogP contribution in [0.5, 0.6) is 0 Å². The van der Waals surface area contributed by atoms with Crippen LogP contribution in [0, 0.1) is 0 Å². The van der Waals surface area contributed by atoms with Gasteiger partial charge in [-0.05, 0) is 75.8 Å². The van der Waals surface area contributed by atoms with Crippen molar-refractivity contribution in [2.75, 3.05) is 4.90 Å². The van der Waals surface area contributed by atoms with Crippen LogP contribution in [0.4, 0.5) is 17.1 Å². The summed E-state index contributed by atoms with van der Waals surface area (Å²) in [7, 11) is 0. The molecule has 0 aliphatic carbocycles. The van der Waals surface area contributed by atoms with Gasteiger partial charge in [0, 0.05) is 27.6 Å². The zero-order chi connectivity index (χ0) is 31.5. The van der Waals surface area contributed by atoms with Gasteiger partial charge in [0.25, 0.3) is 0 Å². The highest BCUT2D eigenvalue weighted by Crippen LogP contribution is 2.56. The van der Waals surface area contributed by atoms with Crippen LogP contribution in [0.3, 0.4) is 0 Å². The highest BCUT2D eigenvalue weighted by atomic mass is 15.2. The molecule has 0 amide bonds. The summed E-state index contributed by atoms with van der Waals surface area (Å²) in [6.45, 7) is 4.75. The fourth-order valence-electron chi connectivity index (χ4n) is 7.68. The summed E-state index contributed by atoms with van der Waals surface area (Å²) in [5, 5.41) is 2.51. The SMILES string of the molecule is CC1(C)c2ccccc2N(c2cc(-c3ccccc3)cc(-c3ccccc3)c2)c2c1ccc1c3ccccc3n(-c3ccccc3)c21. The average molecular weight is 603 g/mol. The van der Waals surface area contributed by atoms with Crippen LogP contribution < -0.4 is 4.90 Å². The van der Waals surface area contributed by atoms with Crippen molar-refractivity contribution in [1.29, 1.82) is 0 Å². The summed E-state index contributed by atoms with van der Waals surface area (Å²) < 4.78 is 2.47. The van der Waals surface area contributed by atoms with Crippen LogP contribution in [0.2, 0.25) is 0 Å². The minimum Gasteiger partial charge on any atom is -0.308 e. The van der Waals surface area contributed by atoms with E-state index >= 15 is 0 Å². The Morgan fingerprint density at radius 2 is 1.00 bits per heavy atom. The molecule has 1 aromatic heterocycles. The van der Waals surface area contributed by atoms with Crippen molar-refractivity contribution in [2.45, 2.75) is 19.3 Å². The number of hydrogen-bond acceptors (Lipinski definition) is 1. The number of hydrogen-bond donors (Lipinski definition) is 0. The van der Waals surface area contributed by atoms with Gasteiger partial charge in [-0.1, -0.05) is 141 Å². The third kappa shape index (κ3) is 4.26. The average Bonchev–Trinajstić information content (AvgIpc) is 3.47. The van der Waals surface area contributed by atoms with Crippen LogP contribution in [0.25, 0.3) is 49.7 Å². The van der Waals surface area contributed by atoms with Crippen LogP contribution in [-0.2, 0) is 5.41 Å². The van der Waals surface area contributed by atoms with Crippen LogP contribution >= 0.6 is 0 Å². The standard InChI is InChI=1S/C45H34N2/c1-45(2)39-23-13-15-25-42(39)47(36-29-33(31-16-6-3-7-17-31)28-34(30-36)32-18-8-4-9-19-32)44-40(45)27-26-38-37-22-12-14-24-41(37)46(43(38)44)35-20-10-5-11-21-35/h3-30H,1-2H3. The van der Waals surface area contributed by atoms with E-state index in [0.717, 1.165) is 11.4 Å². The van der Waals surface area contributed by atoms with Gasteiger partial charge < -0.3 is 9.47 Å². The number of nitrogens with zero attached hydrogens (tertiary/aromatic N) is 2. The summed E-state index contributed by atoms with van der Waals surface area (Å²) in [5.74, 6) is 0. The second kappa shape index (κ2) is 10.6. The Labute approximate surface area is 275 Å². The zero-order valence-corrected chi connectivity index (χ0v) is 26.6. The van der Waals surface area contributed by atoms with Crippen molar-refractivity contribution in [3.05, 3.63) is 181 Å². The maximum absolute atomic E-state index is 2.54. The molecule has 9 rings (SSSR count). The van der Waals surface area contributed by atoms with Crippen LogP contribution in [-0.4, -0.2) is 4.57 Å². The Bertz CT molecular complexity index is 2360. The van der Waals surface area contributed by atoms with E-state index in [-0.39, 0.29) is 5.41 Å². The molecule has 0 radical (unpaired) electrons. The molecule has 1 aliphatic heterocycles. The zero-order valence-electron chi connectivity index (χ0n) is 26.6. The number of aromatic nitrogens is 1. The minimum absolute atomic E-state index is 0.214. The van der Waals surface area contributed by atoms with Gasteiger partial charge in [0.1, 0.15) is 0 Å². The number of para-hydroxylation sites is 3. The first kappa shape index (κ1) is 27.5. The highest BCUT2D eigenvalue weighted by molar-refractivity contribution is 6.16. The van der Waals surface area contributed by atoms with E-state index in [1.54, 1.807) is 0 Å². The fourth-order valence-corrected chi connectivity index (χ4v) is 7.68. The first-order valence-corrected chi connectivity index (χ1v) is 16.4. The predicted octanol–water partition coefficient (Wildman–Crippen LogP) is 12.2. The molecule has 0 fully saturated rings. The Balaban J connectivity index is 1.44. The van der Waals surface area contributed by atoms with Gasteiger partial charge in [0.15, 0.2) is 0 Å². The van der Waals surface area contributed by atoms with Gasteiger partial charge in [-0.15, -0.1) is 0 Å². The van der Waals surface area contributed by atoms with E-state index in [9.17, 15) is 0 Å². The van der Waals surface area contributed by atoms with Crippen LogP contribution in [0.15, 0.2) is 170 Å². The van der Waals surface area contributed by atoms with E-state index in [1.165, 1.54) is 66.6 Å². The lowest BCUT2D eigenvalue weighted by Gasteiger charge is -2.42. The normalized spacial score (nSPS) is 13.4. The molecule has 2 nitrogen and oxygen atoms in total. The van der Waals surface area contributed by atoms with Crippen molar-refractivity contribution in [2.24, 2.45) is 0 Å². The molecule has 7 aromatic carbocycles. The Kier molecular flexibility index (Phi) is 6.20. The van der Waals surface area contributed by atoms with E-state index < -0.39 is 0 Å². The third-order valence-electron chi connectivity index (χ3n) is 9.93. The lowest BCUT2D eigenvalue weighted by Crippen LogP contribution is -2.31. The first-order valence-electron chi connectivity index (χ1n) is 16.4. The largest absolute Gasteiger partial charge is 0.308 e. The maximum Gasteiger partial charge on any atom is 0.0785 e. The molecule has 0 spiro atoms. The smallest absolute Gasteiger partial charge is 0.0785 e. The second-order valence-electron chi connectivity index (χ2n) is 13.0. The lowest BCUT2D eigenvalue weighted by atomic mass is 9.73. The van der Waals surface area contributed by atoms with Gasteiger partial charge in [0.05, 0.1) is 22.4 Å². The molecular weight excluding hydrogens is 569 g/mol. The van der Waals surface area contributed by atoms with E-state index in [4.69, 9.17) is 0 Å². The number of fused-ring (bicyclic) bond motifs is 6. The number of benzene rings is 7. The number of anilines is 3. The molecule has 224 valence electrons. The molecule has 0 bridgehead atoms. The minimum atomic E-state index is -0.214. The van der Waals surface area contributed by atoms with Crippen molar-refractivity contribution in [3.8, 4) is 27.9 Å². The van der Waals surface area contributed by atoms with Gasteiger partial charge in [-0.25, -0.2) is 0 Å². The molecule has 0 saturated heterocycles. The Morgan fingerprint density at radius 1 is 0.426 bits per heavy atom.